The van der Waals surface area contributed by atoms with Gasteiger partial charge in [0.1, 0.15) is 128 Å². The summed E-state index contributed by atoms with van der Waals surface area (Å²) in [5, 5.41) is 197. The first-order valence-electron chi connectivity index (χ1n) is 34.1. The molecule has 18 N–H and O–H groups in total. The lowest BCUT2D eigenvalue weighted by atomic mass is 9.33. The van der Waals surface area contributed by atoms with E-state index in [1.807, 2.05) is 0 Å². The van der Waals surface area contributed by atoms with E-state index in [1.165, 1.54) is 13.8 Å². The van der Waals surface area contributed by atoms with Crippen molar-refractivity contribution in [1.29, 1.82) is 0 Å². The minimum Gasteiger partial charge on any atom is -0.432 e. The molecule has 6 saturated heterocycles. The fourth-order valence-corrected chi connectivity index (χ4v) is 19.1. The van der Waals surface area contributed by atoms with E-state index >= 15 is 4.79 Å². The number of rotatable bonds is 16. The van der Waals surface area contributed by atoms with Crippen LogP contribution in [0.5, 0.6) is 0 Å². The second kappa shape index (κ2) is 28.3. The van der Waals surface area contributed by atoms with Gasteiger partial charge in [0.15, 0.2) is 31.5 Å². The smallest absolute Gasteiger partial charge is 0.315 e. The number of hydrogen-bond acceptors (Lipinski definition) is 31. The van der Waals surface area contributed by atoms with E-state index in [0.29, 0.717) is 57.8 Å². The molecular formula is C65H106O31. The zero-order valence-electron chi connectivity index (χ0n) is 55.6. The Balaban J connectivity index is 0.783. The van der Waals surface area contributed by atoms with Crippen molar-refractivity contribution in [3.05, 3.63) is 11.6 Å². The molecule has 0 radical (unpaired) electrons. The average molecular weight is 1380 g/mol. The Morgan fingerprint density at radius 2 is 1.03 bits per heavy atom. The van der Waals surface area contributed by atoms with Gasteiger partial charge in [-0.15, -0.1) is 0 Å². The molecule has 0 aromatic rings. The lowest BCUT2D eigenvalue weighted by Crippen LogP contribution is -2.67. The summed E-state index contributed by atoms with van der Waals surface area (Å²) in [6.07, 6.45) is -40.8. The third-order valence-corrected chi connectivity index (χ3v) is 25.1. The minimum atomic E-state index is -1.95. The summed E-state index contributed by atoms with van der Waals surface area (Å²) in [6, 6.07) is 0. The molecule has 10 fully saturated rings. The fraction of sp³-hybridized carbons (Fsp3) is 0.954. The van der Waals surface area contributed by atoms with Crippen LogP contribution in [0.1, 0.15) is 120 Å². The first kappa shape index (κ1) is 75.2. The Morgan fingerprint density at radius 3 is 1.66 bits per heavy atom. The Kier molecular flexibility index (Phi) is 22.1. The monoisotopic (exact) mass is 1380 g/mol. The van der Waals surface area contributed by atoms with Crippen LogP contribution in [0, 0.1) is 50.2 Å². The highest BCUT2D eigenvalue weighted by Gasteiger charge is 2.72. The van der Waals surface area contributed by atoms with Gasteiger partial charge in [0.25, 0.3) is 0 Å². The van der Waals surface area contributed by atoms with Crippen molar-refractivity contribution in [2.24, 2.45) is 50.2 Å². The summed E-state index contributed by atoms with van der Waals surface area (Å²) in [5.74, 6) is -1.16. The van der Waals surface area contributed by atoms with Crippen LogP contribution < -0.4 is 0 Å². The van der Waals surface area contributed by atoms with E-state index in [1.54, 1.807) is 0 Å². The second-order valence-corrected chi connectivity index (χ2v) is 31.4. The van der Waals surface area contributed by atoms with Crippen molar-refractivity contribution in [3.63, 3.8) is 0 Å². The minimum absolute atomic E-state index is 0.000950. The molecule has 37 atom stereocenters. The lowest BCUT2D eigenvalue weighted by molar-refractivity contribution is -0.392. The number of allylic oxidation sites excluding steroid dienone is 1. The Morgan fingerprint density at radius 1 is 0.500 bits per heavy atom. The third kappa shape index (κ3) is 12.8. The van der Waals surface area contributed by atoms with E-state index in [0.717, 1.165) is 5.57 Å². The van der Waals surface area contributed by atoms with Crippen molar-refractivity contribution >= 4 is 5.97 Å². The molecule has 6 heterocycles. The predicted octanol–water partition coefficient (Wildman–Crippen LogP) is -4.72. The first-order valence-corrected chi connectivity index (χ1v) is 34.1. The standard InChI is InChI=1S/C65H106O31/c1-25-36(70)41(75)46(80)54(87-25)93-50-31(21-67)90-53(49(83)45(50)79)86-23-32-40(74)43(77)48(82)56(91-32)96-59(84)64-16-15-60(3,4)19-28(64)27-9-10-34-62(7)13-12-35(61(5,6)33(62)11-14-63(34,8)65(27,24-68)18-17-64)92-57-51(38(72)29(69)22-85-57)95-58-52(44(78)39(73)30(20-66)89-58)94-55-47(81)42(76)37(71)26(2)88-55/h9,25-26,28-58,66-83H,10-24H2,1-8H3. The van der Waals surface area contributed by atoms with Crippen molar-refractivity contribution in [3.8, 4) is 0 Å². The molecular weight excluding hydrogens is 1280 g/mol. The maximum absolute atomic E-state index is 15.4. The molecule has 0 aromatic carbocycles. The number of fused-ring (bicyclic) bond motifs is 7. The van der Waals surface area contributed by atoms with Crippen molar-refractivity contribution in [2.45, 2.75) is 304 Å². The summed E-state index contributed by atoms with van der Waals surface area (Å²) in [5.41, 5.74) is -2.80. The highest BCUT2D eigenvalue weighted by molar-refractivity contribution is 5.79. The number of esters is 1. The molecule has 11 rings (SSSR count). The molecule has 37 unspecified atom stereocenters. The topological polar surface area (TPSA) is 492 Å². The molecule has 31 nitrogen and oxygen atoms in total. The van der Waals surface area contributed by atoms with E-state index in [4.69, 9.17) is 56.8 Å². The van der Waals surface area contributed by atoms with Gasteiger partial charge in [-0.1, -0.05) is 53.2 Å². The fourth-order valence-electron chi connectivity index (χ4n) is 19.1. The van der Waals surface area contributed by atoms with Crippen molar-refractivity contribution in [1.82, 2.24) is 0 Å². The highest BCUT2D eigenvalue weighted by atomic mass is 16.8. The van der Waals surface area contributed by atoms with E-state index in [9.17, 15) is 91.9 Å². The van der Waals surface area contributed by atoms with Gasteiger partial charge in [0, 0.05) is 5.41 Å². The van der Waals surface area contributed by atoms with Crippen molar-refractivity contribution in [2.75, 3.05) is 33.0 Å². The molecule has 31 heteroatoms. The van der Waals surface area contributed by atoms with E-state index < -0.39 is 238 Å². The molecule has 552 valence electrons. The third-order valence-electron chi connectivity index (χ3n) is 25.1. The number of aliphatic hydroxyl groups excluding tert-OH is 18. The Bertz CT molecular complexity index is 2690. The first-order chi connectivity index (χ1) is 45.1. The molecule has 0 aromatic heterocycles. The van der Waals surface area contributed by atoms with Crippen LogP contribution in [-0.4, -0.2) is 315 Å². The summed E-state index contributed by atoms with van der Waals surface area (Å²) in [7, 11) is 0. The summed E-state index contributed by atoms with van der Waals surface area (Å²) < 4.78 is 71.8. The quantitative estimate of drug-likeness (QED) is 0.0392. The molecule has 0 amide bonds. The van der Waals surface area contributed by atoms with E-state index in [-0.39, 0.29) is 42.3 Å². The van der Waals surface area contributed by atoms with Gasteiger partial charge in [0.2, 0.25) is 6.29 Å². The van der Waals surface area contributed by atoms with Crippen LogP contribution in [-0.2, 0) is 61.6 Å². The Hall–Kier alpha value is -1.95. The van der Waals surface area contributed by atoms with Gasteiger partial charge in [-0.25, -0.2) is 0 Å². The van der Waals surface area contributed by atoms with Gasteiger partial charge in [-0.2, -0.15) is 0 Å². The lowest BCUT2D eigenvalue weighted by Gasteiger charge is -2.71. The maximum atomic E-state index is 15.4. The Labute approximate surface area is 556 Å². The largest absolute Gasteiger partial charge is 0.432 e. The van der Waals surface area contributed by atoms with E-state index in [2.05, 4.69) is 47.6 Å². The van der Waals surface area contributed by atoms with Crippen LogP contribution in [0.4, 0.5) is 0 Å². The summed E-state index contributed by atoms with van der Waals surface area (Å²) in [4.78, 5) is 15.4. The average Bonchev–Trinajstić information content (AvgIpc) is 0.672. The molecule has 4 saturated carbocycles. The van der Waals surface area contributed by atoms with Gasteiger partial charge >= 0.3 is 5.97 Å². The van der Waals surface area contributed by atoms with Gasteiger partial charge in [0.05, 0.1) is 56.8 Å². The van der Waals surface area contributed by atoms with Crippen LogP contribution in [0.25, 0.3) is 0 Å². The number of aliphatic hydroxyl groups is 18. The molecule has 5 aliphatic carbocycles. The molecule has 0 spiro atoms. The van der Waals surface area contributed by atoms with Crippen LogP contribution >= 0.6 is 0 Å². The molecule has 0 bridgehead atoms. The molecule has 6 aliphatic heterocycles. The normalized spacial score (nSPS) is 54.1. The molecule has 11 aliphatic rings. The summed E-state index contributed by atoms with van der Waals surface area (Å²) in [6.45, 7) is 13.0. The van der Waals surface area contributed by atoms with Gasteiger partial charge in [-0.05, 0) is 117 Å². The number of hydrogen-bond donors (Lipinski definition) is 18. The number of ether oxygens (including phenoxy) is 12. The predicted molar refractivity (Wildman–Crippen MR) is 321 cm³/mol. The number of carbonyl (C=O) groups is 1. The molecule has 96 heavy (non-hydrogen) atoms. The summed E-state index contributed by atoms with van der Waals surface area (Å²) >= 11 is 0. The second-order valence-electron chi connectivity index (χ2n) is 31.4. The van der Waals surface area contributed by atoms with Crippen LogP contribution in [0.15, 0.2) is 11.6 Å². The van der Waals surface area contributed by atoms with Crippen LogP contribution in [0.3, 0.4) is 0 Å². The van der Waals surface area contributed by atoms with Gasteiger partial charge in [-0.3, -0.25) is 4.79 Å². The van der Waals surface area contributed by atoms with Gasteiger partial charge < -0.3 is 149 Å². The maximum Gasteiger partial charge on any atom is 0.315 e. The zero-order valence-corrected chi connectivity index (χ0v) is 55.6. The SMILES string of the molecule is CC1OC(OC2C(CO)OC(OCC3OC(OC(=O)C45CCC(C)(C)CC4C4=CCC6C7(C)CCC(OC8OCC(O)C(O)C8OC8OC(CO)C(O)C(O)C8OC8OC(C)C(O)C(O)C8O)C(C)(C)C7CCC6(C)C4(CO)CC5)C(O)C(O)C3O)C(O)C2O)C(O)C(O)C1O. The van der Waals surface area contributed by atoms with Crippen molar-refractivity contribution < 1.29 is 154 Å². The zero-order chi connectivity index (χ0) is 70.0. The van der Waals surface area contributed by atoms with Crippen LogP contribution in [0.2, 0.25) is 0 Å². The number of carbonyl (C=O) groups excluding carboxylic acids is 1. The highest BCUT2D eigenvalue weighted by Crippen LogP contribution is 2.76.